The lowest BCUT2D eigenvalue weighted by molar-refractivity contribution is -0.221. The van der Waals surface area contributed by atoms with Gasteiger partial charge in [-0.1, -0.05) is 23.2 Å². The highest BCUT2D eigenvalue weighted by atomic mass is 35.5. The Bertz CT molecular complexity index is 496. The van der Waals surface area contributed by atoms with E-state index in [1.807, 2.05) is 0 Å². The monoisotopic (exact) mass is 321 g/mol. The predicted octanol–water partition coefficient (Wildman–Crippen LogP) is 2.09. The Kier molecular flexibility index (Phi) is 5.76. The van der Waals surface area contributed by atoms with E-state index in [2.05, 4.69) is 10.1 Å². The van der Waals surface area contributed by atoms with Crippen molar-refractivity contribution in [1.29, 1.82) is 0 Å². The smallest absolute Gasteiger partial charge is 0.377 e. The van der Waals surface area contributed by atoms with Crippen molar-refractivity contribution >= 4 is 40.8 Å². The zero-order valence-corrected chi connectivity index (χ0v) is 12.5. The minimum absolute atomic E-state index is 0.287. The third-order valence-corrected chi connectivity index (χ3v) is 2.88. The zero-order valence-electron chi connectivity index (χ0n) is 11.0. The molecule has 1 aromatic carbocycles. The fourth-order valence-electron chi connectivity index (χ4n) is 1.50. The zero-order chi connectivity index (χ0) is 15.3. The average Bonchev–Trinajstić information content (AvgIpc) is 2.39. The molecular weight excluding hydrogens is 309 g/mol. The summed E-state index contributed by atoms with van der Waals surface area (Å²) in [5.41, 5.74) is 0.287. The molecule has 0 unspecified atom stereocenters. The molecule has 0 aliphatic heterocycles. The molecular formula is C12H13Cl2NO5. The van der Waals surface area contributed by atoms with Gasteiger partial charge in [-0.05, 0) is 18.2 Å². The number of hydrogen-bond acceptors (Lipinski definition) is 5. The molecule has 6 nitrogen and oxygen atoms in total. The lowest BCUT2D eigenvalue weighted by atomic mass is 10.2. The van der Waals surface area contributed by atoms with Gasteiger partial charge in [-0.15, -0.1) is 0 Å². The van der Waals surface area contributed by atoms with Crippen LogP contribution in [0.25, 0.3) is 0 Å². The second kappa shape index (κ2) is 6.90. The van der Waals surface area contributed by atoms with Crippen molar-refractivity contribution < 1.29 is 23.8 Å². The molecule has 8 heteroatoms. The molecule has 110 valence electrons. The molecule has 0 aromatic heterocycles. The lowest BCUT2D eigenvalue weighted by Crippen LogP contribution is -2.53. The van der Waals surface area contributed by atoms with E-state index in [4.69, 9.17) is 32.7 Å². The summed E-state index contributed by atoms with van der Waals surface area (Å²) in [5.74, 6) is -4.07. The Morgan fingerprint density at radius 1 is 1.05 bits per heavy atom. The van der Waals surface area contributed by atoms with Crippen molar-refractivity contribution in [3.8, 4) is 0 Å². The quantitative estimate of drug-likeness (QED) is 0.510. The third kappa shape index (κ3) is 3.40. The van der Waals surface area contributed by atoms with Crippen LogP contribution in [0.5, 0.6) is 0 Å². The molecule has 1 rings (SSSR count). The molecule has 0 saturated carbocycles. The highest BCUT2D eigenvalue weighted by Crippen LogP contribution is 2.24. The number of methoxy groups -OCH3 is 3. The number of ether oxygens (including phenoxy) is 3. The number of benzene rings is 1. The van der Waals surface area contributed by atoms with E-state index < -0.39 is 17.7 Å². The molecule has 0 aliphatic rings. The number of carbonyl (C=O) groups excluding carboxylic acids is 2. The topological polar surface area (TPSA) is 73.9 Å². The van der Waals surface area contributed by atoms with Gasteiger partial charge >= 0.3 is 11.8 Å². The summed E-state index contributed by atoms with van der Waals surface area (Å²) in [6.07, 6.45) is 0. The first kappa shape index (κ1) is 16.7. The number of anilines is 1. The SMILES string of the molecule is COC(=O)C(OC)(OC)C(=O)Nc1cc(Cl)cc(Cl)c1. The number of halogens is 2. The van der Waals surface area contributed by atoms with Crippen molar-refractivity contribution in [2.45, 2.75) is 5.79 Å². The van der Waals surface area contributed by atoms with Gasteiger partial charge in [-0.25, -0.2) is 4.79 Å². The van der Waals surface area contributed by atoms with Gasteiger partial charge in [0.1, 0.15) is 0 Å². The standard InChI is InChI=1S/C12H13Cl2NO5/c1-18-11(17)12(19-2,20-3)10(16)15-9-5-7(13)4-8(14)6-9/h4-6H,1-3H3,(H,15,16). The van der Waals surface area contributed by atoms with E-state index in [1.54, 1.807) is 0 Å². The summed E-state index contributed by atoms with van der Waals surface area (Å²) in [6.45, 7) is 0. The second-order valence-electron chi connectivity index (χ2n) is 3.63. The minimum Gasteiger partial charge on any atom is -0.465 e. The number of hydrogen-bond donors (Lipinski definition) is 1. The molecule has 0 fully saturated rings. The first-order valence-electron chi connectivity index (χ1n) is 5.36. The van der Waals surface area contributed by atoms with Gasteiger partial charge in [-0.2, -0.15) is 0 Å². The Balaban J connectivity index is 3.05. The predicted molar refractivity (Wildman–Crippen MR) is 73.9 cm³/mol. The van der Waals surface area contributed by atoms with Gasteiger partial charge in [0.25, 0.3) is 5.91 Å². The highest BCUT2D eigenvalue weighted by Gasteiger charge is 2.49. The molecule has 0 heterocycles. The van der Waals surface area contributed by atoms with Crippen molar-refractivity contribution in [1.82, 2.24) is 0 Å². The first-order valence-corrected chi connectivity index (χ1v) is 6.11. The maximum absolute atomic E-state index is 12.2. The van der Waals surface area contributed by atoms with Crippen LogP contribution in [0, 0.1) is 0 Å². The molecule has 0 atom stereocenters. The molecule has 0 spiro atoms. The summed E-state index contributed by atoms with van der Waals surface area (Å²) in [5, 5.41) is 3.07. The van der Waals surface area contributed by atoms with Crippen LogP contribution < -0.4 is 5.32 Å². The summed E-state index contributed by atoms with van der Waals surface area (Å²) >= 11 is 11.6. The van der Waals surface area contributed by atoms with Crippen molar-refractivity contribution in [3.63, 3.8) is 0 Å². The Hall–Kier alpha value is -1.34. The minimum atomic E-state index is -2.20. The Morgan fingerprint density at radius 2 is 1.55 bits per heavy atom. The highest BCUT2D eigenvalue weighted by molar-refractivity contribution is 6.35. The molecule has 1 aromatic rings. The third-order valence-electron chi connectivity index (χ3n) is 2.45. The largest absolute Gasteiger partial charge is 0.465 e. The van der Waals surface area contributed by atoms with E-state index in [9.17, 15) is 9.59 Å². The van der Waals surface area contributed by atoms with Gasteiger partial charge < -0.3 is 19.5 Å². The average molecular weight is 322 g/mol. The molecule has 1 amide bonds. The Morgan fingerprint density at radius 3 is 1.95 bits per heavy atom. The van der Waals surface area contributed by atoms with E-state index in [-0.39, 0.29) is 5.69 Å². The number of rotatable bonds is 5. The van der Waals surface area contributed by atoms with Crippen LogP contribution in [-0.4, -0.2) is 39.0 Å². The number of carbonyl (C=O) groups is 2. The van der Waals surface area contributed by atoms with Gasteiger partial charge in [0.2, 0.25) is 0 Å². The van der Waals surface area contributed by atoms with Gasteiger partial charge in [0.15, 0.2) is 0 Å². The molecule has 0 saturated heterocycles. The maximum atomic E-state index is 12.2. The summed E-state index contributed by atoms with van der Waals surface area (Å²) in [4.78, 5) is 23.8. The van der Waals surface area contributed by atoms with Gasteiger partial charge in [0, 0.05) is 30.0 Å². The number of nitrogens with one attached hydrogen (secondary N) is 1. The molecule has 0 radical (unpaired) electrons. The van der Waals surface area contributed by atoms with Crippen LogP contribution in [0.1, 0.15) is 0 Å². The van der Waals surface area contributed by atoms with E-state index >= 15 is 0 Å². The molecule has 0 bridgehead atoms. The summed E-state index contributed by atoms with van der Waals surface area (Å²) in [7, 11) is 3.40. The van der Waals surface area contributed by atoms with E-state index in [0.717, 1.165) is 21.3 Å². The van der Waals surface area contributed by atoms with Crippen LogP contribution in [0.4, 0.5) is 5.69 Å². The molecule has 0 aliphatic carbocycles. The number of amides is 1. The van der Waals surface area contributed by atoms with Gasteiger partial charge in [0.05, 0.1) is 7.11 Å². The van der Waals surface area contributed by atoms with Crippen LogP contribution >= 0.6 is 23.2 Å². The fraction of sp³-hybridized carbons (Fsp3) is 0.333. The van der Waals surface area contributed by atoms with Crippen LogP contribution in [0.3, 0.4) is 0 Å². The van der Waals surface area contributed by atoms with E-state index in [0.29, 0.717) is 10.0 Å². The maximum Gasteiger partial charge on any atom is 0.377 e. The van der Waals surface area contributed by atoms with Crippen molar-refractivity contribution in [2.24, 2.45) is 0 Å². The lowest BCUT2D eigenvalue weighted by Gasteiger charge is -2.26. The summed E-state index contributed by atoms with van der Waals surface area (Å²) < 4.78 is 14.2. The van der Waals surface area contributed by atoms with Gasteiger partial charge in [-0.3, -0.25) is 4.79 Å². The Labute approximate surface area is 125 Å². The normalized spacial score (nSPS) is 11.1. The molecule has 1 N–H and O–H groups in total. The fourth-order valence-corrected chi connectivity index (χ4v) is 2.03. The second-order valence-corrected chi connectivity index (χ2v) is 4.50. The number of esters is 1. The van der Waals surface area contributed by atoms with Crippen LogP contribution in [0.15, 0.2) is 18.2 Å². The van der Waals surface area contributed by atoms with Crippen molar-refractivity contribution in [2.75, 3.05) is 26.6 Å². The van der Waals surface area contributed by atoms with E-state index in [1.165, 1.54) is 18.2 Å². The van der Waals surface area contributed by atoms with Crippen LogP contribution in [0.2, 0.25) is 10.0 Å². The first-order chi connectivity index (χ1) is 9.39. The molecule has 20 heavy (non-hydrogen) atoms. The van der Waals surface area contributed by atoms with Crippen LogP contribution in [-0.2, 0) is 23.8 Å². The summed E-state index contributed by atoms with van der Waals surface area (Å²) in [6, 6.07) is 4.41. The van der Waals surface area contributed by atoms with Crippen molar-refractivity contribution in [3.05, 3.63) is 28.2 Å².